The number of hydrogen-bond acceptors (Lipinski definition) is 5. The predicted molar refractivity (Wildman–Crippen MR) is 138 cm³/mol. The zero-order valence-corrected chi connectivity index (χ0v) is 20.4. The van der Waals surface area contributed by atoms with Crippen molar-refractivity contribution < 1.29 is 24.2 Å². The summed E-state index contributed by atoms with van der Waals surface area (Å²) in [4.78, 5) is 31.1. The molecule has 0 fully saturated rings. The van der Waals surface area contributed by atoms with Crippen molar-refractivity contribution in [1.82, 2.24) is 4.98 Å². The van der Waals surface area contributed by atoms with Gasteiger partial charge in [0.25, 0.3) is 0 Å². The van der Waals surface area contributed by atoms with Gasteiger partial charge in [-0.05, 0) is 73.5 Å². The lowest BCUT2D eigenvalue weighted by molar-refractivity contribution is -0.141. The Morgan fingerprint density at radius 3 is 2.67 bits per heavy atom. The van der Waals surface area contributed by atoms with Crippen LogP contribution in [0.25, 0.3) is 10.9 Å². The monoisotopic (exact) mass is 484 g/mol. The van der Waals surface area contributed by atoms with Crippen molar-refractivity contribution in [2.75, 3.05) is 25.1 Å². The van der Waals surface area contributed by atoms with Gasteiger partial charge in [0, 0.05) is 29.7 Å². The van der Waals surface area contributed by atoms with Gasteiger partial charge < -0.3 is 24.5 Å². The largest absolute Gasteiger partial charge is 0.490 e. The van der Waals surface area contributed by atoms with Crippen molar-refractivity contribution in [3.8, 4) is 11.5 Å². The van der Waals surface area contributed by atoms with Crippen molar-refractivity contribution in [1.29, 1.82) is 0 Å². The molecule has 1 aromatic heterocycles. The Bertz CT molecular complexity index is 1440. The molecule has 2 atom stereocenters. The van der Waals surface area contributed by atoms with E-state index in [9.17, 15) is 14.7 Å². The summed E-state index contributed by atoms with van der Waals surface area (Å²) in [6.07, 6.45) is 1.59. The summed E-state index contributed by atoms with van der Waals surface area (Å²) in [6.45, 7) is 4.52. The zero-order chi connectivity index (χ0) is 25.4. The number of benzene rings is 3. The smallest absolute Gasteiger partial charge is 0.321 e. The molecule has 1 unspecified atom stereocenters. The number of aryl methyl sites for hydroxylation is 1. The third kappa shape index (κ3) is 4.06. The number of carbonyl (C=O) groups excluding carboxylic acids is 1. The maximum Gasteiger partial charge on any atom is 0.321 e. The Morgan fingerprint density at radius 2 is 1.92 bits per heavy atom. The lowest BCUT2D eigenvalue weighted by atomic mass is 9.75. The van der Waals surface area contributed by atoms with Gasteiger partial charge in [-0.25, -0.2) is 0 Å². The number of carboxylic acid groups (broad SMARTS) is 1. The van der Waals surface area contributed by atoms with E-state index in [0.717, 1.165) is 22.5 Å². The van der Waals surface area contributed by atoms with Crippen molar-refractivity contribution in [2.24, 2.45) is 0 Å². The number of aromatic amines is 1. The fraction of sp³-hybridized carbons (Fsp3) is 0.241. The SMILES string of the molecule is Cc1ccc2c(c1)O[C@H](COc1ccc(C(=O)C(C)(C(=O)O)c3cccc4[nH]ccc34)cc1)CN2C. The number of H-pyrrole nitrogens is 1. The summed E-state index contributed by atoms with van der Waals surface area (Å²) in [5.74, 6) is -0.267. The lowest BCUT2D eigenvalue weighted by Gasteiger charge is -2.33. The molecular weight excluding hydrogens is 456 g/mol. The minimum absolute atomic E-state index is 0.150. The van der Waals surface area contributed by atoms with Gasteiger partial charge in [0.05, 0.1) is 12.2 Å². The Balaban J connectivity index is 1.32. The van der Waals surface area contributed by atoms with E-state index in [1.807, 2.05) is 26.1 Å². The number of hydrogen-bond donors (Lipinski definition) is 2. The number of aromatic nitrogens is 1. The normalized spacial score (nSPS) is 16.6. The van der Waals surface area contributed by atoms with Crippen LogP contribution in [0.1, 0.15) is 28.4 Å². The molecule has 0 bridgehead atoms. The quantitative estimate of drug-likeness (QED) is 0.284. The fourth-order valence-electron chi connectivity index (χ4n) is 4.77. The number of likely N-dealkylation sites (N-methyl/N-ethyl adjacent to an activating group) is 1. The Labute approximate surface area is 209 Å². The molecular formula is C29H28N2O5. The first-order valence-electron chi connectivity index (χ1n) is 11.8. The summed E-state index contributed by atoms with van der Waals surface area (Å²) >= 11 is 0. The maximum absolute atomic E-state index is 13.5. The second kappa shape index (κ2) is 9.07. The number of fused-ring (bicyclic) bond motifs is 2. The number of ether oxygens (including phenoxy) is 2. The number of nitrogens with one attached hydrogen (secondary N) is 1. The topological polar surface area (TPSA) is 91.9 Å². The molecule has 2 N–H and O–H groups in total. The van der Waals surface area contributed by atoms with Gasteiger partial charge in [-0.2, -0.15) is 0 Å². The van der Waals surface area contributed by atoms with Crippen LogP contribution < -0.4 is 14.4 Å². The molecule has 3 aromatic carbocycles. The fourth-order valence-corrected chi connectivity index (χ4v) is 4.77. The highest BCUT2D eigenvalue weighted by atomic mass is 16.5. The molecule has 0 saturated heterocycles. The van der Waals surface area contributed by atoms with Gasteiger partial charge in [-0.15, -0.1) is 0 Å². The maximum atomic E-state index is 13.5. The molecule has 0 radical (unpaired) electrons. The molecule has 36 heavy (non-hydrogen) atoms. The highest BCUT2D eigenvalue weighted by Crippen LogP contribution is 2.35. The van der Waals surface area contributed by atoms with E-state index in [2.05, 4.69) is 22.0 Å². The Kier molecular flexibility index (Phi) is 5.92. The first-order chi connectivity index (χ1) is 17.3. The van der Waals surface area contributed by atoms with Crippen molar-refractivity contribution in [3.05, 3.63) is 89.6 Å². The van der Waals surface area contributed by atoms with Crippen LogP contribution >= 0.6 is 0 Å². The van der Waals surface area contributed by atoms with E-state index in [1.54, 1.807) is 48.7 Å². The van der Waals surface area contributed by atoms with E-state index in [1.165, 1.54) is 6.92 Å². The number of ketones is 1. The lowest BCUT2D eigenvalue weighted by Crippen LogP contribution is -2.41. The van der Waals surface area contributed by atoms with E-state index < -0.39 is 17.2 Å². The summed E-state index contributed by atoms with van der Waals surface area (Å²) in [7, 11) is 2.03. The average Bonchev–Trinajstić information content (AvgIpc) is 3.35. The molecule has 184 valence electrons. The van der Waals surface area contributed by atoms with Gasteiger partial charge >= 0.3 is 5.97 Å². The average molecular weight is 485 g/mol. The number of carbonyl (C=O) groups is 2. The summed E-state index contributed by atoms with van der Waals surface area (Å²) < 4.78 is 12.1. The molecule has 0 amide bonds. The molecule has 1 aliphatic heterocycles. The van der Waals surface area contributed by atoms with Crippen molar-refractivity contribution in [3.63, 3.8) is 0 Å². The second-order valence-corrected chi connectivity index (χ2v) is 9.43. The van der Waals surface area contributed by atoms with Crippen LogP contribution in [-0.4, -0.2) is 48.1 Å². The number of aliphatic carboxylic acids is 1. The van der Waals surface area contributed by atoms with Crippen molar-refractivity contribution in [2.45, 2.75) is 25.4 Å². The van der Waals surface area contributed by atoms with Crippen LogP contribution in [0, 0.1) is 6.92 Å². The Morgan fingerprint density at radius 1 is 1.14 bits per heavy atom. The molecule has 7 nitrogen and oxygen atoms in total. The van der Waals surface area contributed by atoms with Gasteiger partial charge in [0.2, 0.25) is 0 Å². The van der Waals surface area contributed by atoms with Gasteiger partial charge in [-0.1, -0.05) is 18.2 Å². The predicted octanol–water partition coefficient (Wildman–Crippen LogP) is 4.98. The molecule has 1 aliphatic rings. The highest BCUT2D eigenvalue weighted by molar-refractivity contribution is 6.18. The minimum atomic E-state index is -1.74. The summed E-state index contributed by atoms with van der Waals surface area (Å²) in [5, 5.41) is 10.8. The van der Waals surface area contributed by atoms with Crippen LogP contribution in [0.3, 0.4) is 0 Å². The van der Waals surface area contributed by atoms with Crippen molar-refractivity contribution >= 4 is 28.3 Å². The second-order valence-electron chi connectivity index (χ2n) is 9.43. The van der Waals surface area contributed by atoms with E-state index in [0.29, 0.717) is 35.4 Å². The molecule has 0 saturated carbocycles. The number of Topliss-reactive ketones (excluding diaryl/α,β-unsaturated/α-hetero) is 1. The van der Waals surface area contributed by atoms with Crippen LogP contribution in [-0.2, 0) is 10.2 Å². The highest BCUT2D eigenvalue weighted by Gasteiger charge is 2.44. The Hall–Kier alpha value is -4.26. The third-order valence-electron chi connectivity index (χ3n) is 6.87. The molecule has 5 rings (SSSR count). The zero-order valence-electron chi connectivity index (χ0n) is 20.4. The van der Waals surface area contributed by atoms with Crippen LogP contribution in [0.15, 0.2) is 72.9 Å². The first kappa shape index (κ1) is 23.5. The van der Waals surface area contributed by atoms with E-state index >= 15 is 0 Å². The van der Waals surface area contributed by atoms with E-state index in [-0.39, 0.29) is 6.10 Å². The summed E-state index contributed by atoms with van der Waals surface area (Å²) in [5.41, 5.74) is 1.98. The minimum Gasteiger partial charge on any atom is -0.490 e. The van der Waals surface area contributed by atoms with Gasteiger partial charge in [0.1, 0.15) is 24.2 Å². The molecule has 0 aliphatic carbocycles. The van der Waals surface area contributed by atoms with Crippen LogP contribution in [0.2, 0.25) is 0 Å². The third-order valence-corrected chi connectivity index (χ3v) is 6.87. The number of rotatable bonds is 7. The number of nitrogens with zero attached hydrogens (tertiary/aromatic N) is 1. The molecule has 7 heteroatoms. The standard InChI is InChI=1S/C29H28N2O5/c1-18-7-12-25-26(15-18)36-21(16-31(25)3)17-35-20-10-8-19(9-11-20)27(32)29(2,28(33)34)23-5-4-6-24-22(23)13-14-30-24/h4-15,21,30H,16-17H2,1-3H3,(H,33,34)/t21-,29?/m0/s1. The molecule has 2 heterocycles. The molecule has 0 spiro atoms. The van der Waals surface area contributed by atoms with Gasteiger partial charge in [0.15, 0.2) is 11.2 Å². The summed E-state index contributed by atoms with van der Waals surface area (Å²) in [6, 6.07) is 19.8. The van der Waals surface area contributed by atoms with E-state index in [4.69, 9.17) is 9.47 Å². The number of anilines is 1. The molecule has 4 aromatic rings. The van der Waals surface area contributed by atoms with Gasteiger partial charge in [-0.3, -0.25) is 9.59 Å². The first-order valence-corrected chi connectivity index (χ1v) is 11.8. The number of carboxylic acids is 1. The van der Waals surface area contributed by atoms with Crippen LogP contribution in [0.5, 0.6) is 11.5 Å². The van der Waals surface area contributed by atoms with Crippen LogP contribution in [0.4, 0.5) is 5.69 Å².